The third-order valence-corrected chi connectivity index (χ3v) is 3.88. The summed E-state index contributed by atoms with van der Waals surface area (Å²) in [5.41, 5.74) is 0. The highest BCUT2D eigenvalue weighted by Crippen LogP contribution is 2.37. The molecule has 6 nitrogen and oxygen atoms in total. The van der Waals surface area contributed by atoms with Crippen LogP contribution < -0.4 is 0 Å². The summed E-state index contributed by atoms with van der Waals surface area (Å²) in [6.45, 7) is 2.02. The molecule has 7 heteroatoms. The lowest BCUT2D eigenvalue weighted by molar-refractivity contribution is 0.675. The molecular weight excluding hydrogens is 236 g/mol. The van der Waals surface area contributed by atoms with Crippen LogP contribution in [0.25, 0.3) is 0 Å². The Bertz CT molecular complexity index is 527. The number of rotatable bonds is 4. The molecule has 0 spiro atoms. The molecule has 0 amide bonds. The topological polar surface area (TPSA) is 61.4 Å². The molecule has 17 heavy (non-hydrogen) atoms. The molecule has 2 aromatic rings. The van der Waals surface area contributed by atoms with Gasteiger partial charge in [0.2, 0.25) is 0 Å². The van der Waals surface area contributed by atoms with Crippen molar-refractivity contribution in [2.24, 2.45) is 7.05 Å². The lowest BCUT2D eigenvalue weighted by Gasteiger charge is -2.05. The van der Waals surface area contributed by atoms with Crippen molar-refractivity contribution in [3.05, 3.63) is 18.0 Å². The Balaban J connectivity index is 1.75. The van der Waals surface area contributed by atoms with Crippen molar-refractivity contribution in [3.63, 3.8) is 0 Å². The Morgan fingerprint density at radius 1 is 1.41 bits per heavy atom. The van der Waals surface area contributed by atoms with E-state index >= 15 is 0 Å². The minimum Gasteiger partial charge on any atom is -0.311 e. The molecule has 1 saturated carbocycles. The first kappa shape index (κ1) is 10.8. The number of hydrogen-bond donors (Lipinski definition) is 0. The van der Waals surface area contributed by atoms with Gasteiger partial charge in [0.25, 0.3) is 0 Å². The third kappa shape index (κ3) is 2.06. The number of aryl methyl sites for hydroxylation is 2. The summed E-state index contributed by atoms with van der Waals surface area (Å²) < 4.78 is 4.03. The molecule has 0 unspecified atom stereocenters. The second-order valence-corrected chi connectivity index (χ2v) is 5.16. The first-order valence-corrected chi connectivity index (χ1v) is 6.61. The van der Waals surface area contributed by atoms with Gasteiger partial charge in [0, 0.05) is 13.1 Å². The van der Waals surface area contributed by atoms with Crippen LogP contribution in [-0.4, -0.2) is 29.5 Å². The Kier molecular flexibility index (Phi) is 2.62. The minimum atomic E-state index is 0.625. The summed E-state index contributed by atoms with van der Waals surface area (Å²) >= 11 is 1.65. The van der Waals surface area contributed by atoms with E-state index in [0.717, 1.165) is 22.6 Å². The van der Waals surface area contributed by atoms with Gasteiger partial charge in [-0.3, -0.25) is 0 Å². The molecular formula is C10H14N6S. The van der Waals surface area contributed by atoms with E-state index in [-0.39, 0.29) is 0 Å². The summed E-state index contributed by atoms with van der Waals surface area (Å²) in [5.74, 6) is 2.85. The SMILES string of the molecule is Cc1nnc(CSc2ncnn2C)n1C1CC1. The van der Waals surface area contributed by atoms with Crippen LogP contribution in [0.1, 0.15) is 30.5 Å². The smallest absolute Gasteiger partial charge is 0.186 e. The largest absolute Gasteiger partial charge is 0.311 e. The highest BCUT2D eigenvalue weighted by molar-refractivity contribution is 7.98. The molecule has 0 bridgehead atoms. The second-order valence-electron chi connectivity index (χ2n) is 4.22. The molecule has 3 rings (SSSR count). The fourth-order valence-corrected chi connectivity index (χ4v) is 2.68. The van der Waals surface area contributed by atoms with Crippen molar-refractivity contribution >= 4 is 11.8 Å². The predicted octanol–water partition coefficient (Wildman–Crippen LogP) is 1.34. The van der Waals surface area contributed by atoms with Crippen molar-refractivity contribution in [2.45, 2.75) is 36.7 Å². The van der Waals surface area contributed by atoms with Gasteiger partial charge in [0.1, 0.15) is 18.0 Å². The van der Waals surface area contributed by atoms with Crippen molar-refractivity contribution in [3.8, 4) is 0 Å². The fraction of sp³-hybridized carbons (Fsp3) is 0.600. The molecule has 2 heterocycles. The minimum absolute atomic E-state index is 0.625. The van der Waals surface area contributed by atoms with Crippen LogP contribution in [0.4, 0.5) is 0 Å². The summed E-state index contributed by atoms with van der Waals surface area (Å²) in [6.07, 6.45) is 4.07. The quantitative estimate of drug-likeness (QED) is 0.766. The van der Waals surface area contributed by atoms with Gasteiger partial charge in [-0.2, -0.15) is 5.10 Å². The van der Waals surface area contributed by atoms with Crippen LogP contribution in [-0.2, 0) is 12.8 Å². The third-order valence-electron chi connectivity index (χ3n) is 2.85. The number of aromatic nitrogens is 6. The van der Waals surface area contributed by atoms with Crippen LogP contribution in [0, 0.1) is 6.92 Å². The molecule has 0 aliphatic heterocycles. The van der Waals surface area contributed by atoms with Crippen molar-refractivity contribution in [1.82, 2.24) is 29.5 Å². The van der Waals surface area contributed by atoms with Crippen molar-refractivity contribution in [2.75, 3.05) is 0 Å². The summed E-state index contributed by atoms with van der Waals surface area (Å²) in [6, 6.07) is 0.625. The van der Waals surface area contributed by atoms with Gasteiger partial charge < -0.3 is 4.57 Å². The fourth-order valence-electron chi connectivity index (χ4n) is 1.86. The van der Waals surface area contributed by atoms with Crippen LogP contribution in [0.2, 0.25) is 0 Å². The molecule has 0 aromatic carbocycles. The molecule has 1 aliphatic carbocycles. The molecule has 0 N–H and O–H groups in total. The van der Waals surface area contributed by atoms with E-state index < -0.39 is 0 Å². The van der Waals surface area contributed by atoms with E-state index in [1.807, 2.05) is 14.0 Å². The molecule has 2 aromatic heterocycles. The summed E-state index contributed by atoms with van der Waals surface area (Å²) in [7, 11) is 1.90. The molecule has 0 saturated heterocycles. The monoisotopic (exact) mass is 250 g/mol. The van der Waals surface area contributed by atoms with Crippen LogP contribution >= 0.6 is 11.8 Å². The van der Waals surface area contributed by atoms with E-state index in [4.69, 9.17) is 0 Å². The van der Waals surface area contributed by atoms with Gasteiger partial charge >= 0.3 is 0 Å². The number of thioether (sulfide) groups is 1. The lowest BCUT2D eigenvalue weighted by atomic mass is 10.5. The van der Waals surface area contributed by atoms with Crippen LogP contribution in [0.5, 0.6) is 0 Å². The van der Waals surface area contributed by atoms with Gasteiger partial charge in [-0.05, 0) is 19.8 Å². The second kappa shape index (κ2) is 4.14. The van der Waals surface area contributed by atoms with E-state index in [1.54, 1.807) is 22.8 Å². The molecule has 1 fully saturated rings. The van der Waals surface area contributed by atoms with Gasteiger partial charge in [0.05, 0.1) is 5.75 Å². The zero-order chi connectivity index (χ0) is 11.8. The van der Waals surface area contributed by atoms with Gasteiger partial charge in [-0.15, -0.1) is 10.2 Å². The Morgan fingerprint density at radius 2 is 2.24 bits per heavy atom. The summed E-state index contributed by atoms with van der Waals surface area (Å²) in [5, 5.41) is 13.4. The predicted molar refractivity (Wildman–Crippen MR) is 63.6 cm³/mol. The number of nitrogens with zero attached hydrogens (tertiary/aromatic N) is 6. The van der Waals surface area contributed by atoms with Gasteiger partial charge in [-0.25, -0.2) is 9.67 Å². The van der Waals surface area contributed by atoms with Crippen LogP contribution in [0.3, 0.4) is 0 Å². The summed E-state index contributed by atoms with van der Waals surface area (Å²) in [4.78, 5) is 4.19. The normalized spacial score (nSPS) is 15.4. The molecule has 90 valence electrons. The average molecular weight is 250 g/mol. The zero-order valence-electron chi connectivity index (χ0n) is 9.87. The van der Waals surface area contributed by atoms with E-state index in [2.05, 4.69) is 24.8 Å². The standard InChI is InChI=1S/C10H14N6S/c1-7-13-14-9(16(7)8-3-4-8)5-17-10-11-6-12-15(10)2/h6,8H,3-5H2,1-2H3. The lowest BCUT2D eigenvalue weighted by Crippen LogP contribution is -2.03. The van der Waals surface area contributed by atoms with Gasteiger partial charge in [0.15, 0.2) is 5.16 Å². The first-order chi connectivity index (χ1) is 8.25. The van der Waals surface area contributed by atoms with E-state index in [1.165, 1.54) is 12.8 Å². The zero-order valence-corrected chi connectivity index (χ0v) is 10.7. The molecule has 0 atom stereocenters. The highest BCUT2D eigenvalue weighted by atomic mass is 32.2. The Morgan fingerprint density at radius 3 is 2.88 bits per heavy atom. The molecule has 0 radical (unpaired) electrons. The highest BCUT2D eigenvalue weighted by Gasteiger charge is 2.28. The first-order valence-electron chi connectivity index (χ1n) is 5.63. The van der Waals surface area contributed by atoms with E-state index in [0.29, 0.717) is 6.04 Å². The maximum Gasteiger partial charge on any atom is 0.186 e. The average Bonchev–Trinajstić information content (AvgIpc) is 2.96. The van der Waals surface area contributed by atoms with Crippen LogP contribution in [0.15, 0.2) is 11.5 Å². The number of hydrogen-bond acceptors (Lipinski definition) is 5. The maximum absolute atomic E-state index is 4.24. The van der Waals surface area contributed by atoms with Gasteiger partial charge in [-0.1, -0.05) is 11.8 Å². The Labute approximate surface area is 103 Å². The molecule has 1 aliphatic rings. The van der Waals surface area contributed by atoms with Crippen molar-refractivity contribution < 1.29 is 0 Å². The maximum atomic E-state index is 4.24. The van der Waals surface area contributed by atoms with E-state index in [9.17, 15) is 0 Å². The van der Waals surface area contributed by atoms with Crippen molar-refractivity contribution in [1.29, 1.82) is 0 Å². The Hall–Kier alpha value is -1.37.